The van der Waals surface area contributed by atoms with Crippen LogP contribution in [0.2, 0.25) is 0 Å². The number of hydrogen-bond acceptors (Lipinski definition) is 7. The first-order chi connectivity index (χ1) is 19.0. The maximum absolute atomic E-state index is 12.1. The second kappa shape index (κ2) is 14.5. The van der Waals surface area contributed by atoms with E-state index in [0.717, 1.165) is 23.1 Å². The van der Waals surface area contributed by atoms with E-state index < -0.39 is 35.3 Å². The fourth-order valence-corrected chi connectivity index (χ4v) is 4.18. The van der Waals surface area contributed by atoms with Gasteiger partial charge in [0.1, 0.15) is 18.2 Å². The molecule has 9 heteroatoms. The van der Waals surface area contributed by atoms with Crippen molar-refractivity contribution in [2.24, 2.45) is 11.7 Å². The molecule has 0 spiro atoms. The first-order valence-electron chi connectivity index (χ1n) is 13.9. The molecule has 9 nitrogen and oxygen atoms in total. The van der Waals surface area contributed by atoms with Gasteiger partial charge in [0.05, 0.1) is 12.2 Å². The highest BCUT2D eigenvalue weighted by Gasteiger charge is 2.25. The van der Waals surface area contributed by atoms with Gasteiger partial charge in [-0.15, -0.1) is 0 Å². The molecule has 2 unspecified atom stereocenters. The van der Waals surface area contributed by atoms with Crippen molar-refractivity contribution >= 4 is 18.0 Å². The van der Waals surface area contributed by atoms with Crippen LogP contribution >= 0.6 is 0 Å². The molecular formula is C32H46N2O7. The summed E-state index contributed by atoms with van der Waals surface area (Å²) in [5, 5.41) is 11.6. The maximum atomic E-state index is 12.1. The lowest BCUT2D eigenvalue weighted by atomic mass is 10.0. The van der Waals surface area contributed by atoms with Crippen molar-refractivity contribution in [2.75, 3.05) is 6.61 Å². The van der Waals surface area contributed by atoms with Crippen molar-refractivity contribution in [1.82, 2.24) is 5.32 Å². The summed E-state index contributed by atoms with van der Waals surface area (Å²) in [7, 11) is 0. The van der Waals surface area contributed by atoms with Crippen LogP contribution in [0.4, 0.5) is 4.79 Å². The number of hydrogen-bond donors (Lipinski definition) is 3. The molecule has 1 aliphatic carbocycles. The van der Waals surface area contributed by atoms with Crippen LogP contribution in [-0.4, -0.2) is 53.0 Å². The Hall–Kier alpha value is -3.43. The summed E-state index contributed by atoms with van der Waals surface area (Å²) < 4.78 is 15.9. The Morgan fingerprint density at radius 2 is 1.59 bits per heavy atom. The van der Waals surface area contributed by atoms with Gasteiger partial charge in [-0.1, -0.05) is 56.3 Å². The first kappa shape index (κ1) is 33.8. The number of ether oxygens (including phenoxy) is 3. The molecule has 2 aromatic rings. The molecule has 0 saturated heterocycles. The number of nitrogens with two attached hydrogens (primary N) is 1. The Balaban J connectivity index is 0.000000383. The summed E-state index contributed by atoms with van der Waals surface area (Å²) >= 11 is 0. The van der Waals surface area contributed by atoms with Crippen LogP contribution in [0.1, 0.15) is 78.5 Å². The lowest BCUT2D eigenvalue weighted by molar-refractivity contribution is -0.156. The van der Waals surface area contributed by atoms with Crippen LogP contribution in [-0.2, 0) is 36.8 Å². The number of benzene rings is 2. The number of alkyl carbamates (subject to hydrolysis) is 1. The van der Waals surface area contributed by atoms with Gasteiger partial charge >= 0.3 is 18.0 Å². The molecule has 4 N–H and O–H groups in total. The zero-order valence-electron chi connectivity index (χ0n) is 25.6. The van der Waals surface area contributed by atoms with Gasteiger partial charge in [0.15, 0.2) is 6.04 Å². The van der Waals surface area contributed by atoms with Crippen molar-refractivity contribution in [2.45, 2.75) is 98.1 Å². The van der Waals surface area contributed by atoms with E-state index in [2.05, 4.69) is 23.5 Å². The van der Waals surface area contributed by atoms with Gasteiger partial charge in [-0.05, 0) is 88.1 Å². The number of fused-ring (bicyclic) bond motifs is 3. The monoisotopic (exact) mass is 570 g/mol. The van der Waals surface area contributed by atoms with Crippen LogP contribution in [0.5, 0.6) is 0 Å². The average molecular weight is 571 g/mol. The molecule has 1 aliphatic rings. The van der Waals surface area contributed by atoms with Crippen LogP contribution in [0.25, 0.3) is 11.1 Å². The molecule has 226 valence electrons. The molecule has 2 atom stereocenters. The van der Waals surface area contributed by atoms with E-state index >= 15 is 0 Å². The van der Waals surface area contributed by atoms with Crippen molar-refractivity contribution in [1.29, 1.82) is 0 Å². The number of esters is 1. The predicted molar refractivity (Wildman–Crippen MR) is 158 cm³/mol. The topological polar surface area (TPSA) is 137 Å². The Kier molecular flexibility index (Phi) is 11.9. The highest BCUT2D eigenvalue weighted by Crippen LogP contribution is 2.38. The lowest BCUT2D eigenvalue weighted by Gasteiger charge is -2.23. The minimum absolute atomic E-state index is 0.0788. The van der Waals surface area contributed by atoms with Crippen LogP contribution < -0.4 is 11.1 Å². The van der Waals surface area contributed by atoms with Gasteiger partial charge in [0.2, 0.25) is 0 Å². The number of nitrogens with one attached hydrogen (secondary N) is 1. The Morgan fingerprint density at radius 3 is 2.17 bits per heavy atom. The van der Waals surface area contributed by atoms with Crippen molar-refractivity contribution in [3.05, 3.63) is 59.2 Å². The normalized spacial score (nSPS) is 13.7. The Labute approximate surface area is 243 Å². The van der Waals surface area contributed by atoms with Gasteiger partial charge in [-0.3, -0.25) is 4.79 Å². The molecule has 0 saturated carbocycles. The standard InChI is InChI=1S/C22H25NO5.C10H21NO2/c1-22(2,3)28-13-19(20(24)25)23-21(26)27-12-15-8-6-10-17-16-9-5-4-7-14(16)11-18(15)17;1-7(2)6-8(11)9(12)13-10(3,4)5/h4-10,19H,11-13H2,1-3H3,(H,23,26)(H,24,25);7-8H,6,11H2,1-5H3. The fraction of sp³-hybridized carbons (Fsp3) is 0.531. The van der Waals surface area contributed by atoms with E-state index in [4.69, 9.17) is 19.9 Å². The molecule has 0 radical (unpaired) electrons. The molecule has 2 aromatic carbocycles. The third-order valence-corrected chi connectivity index (χ3v) is 6.01. The molecular weight excluding hydrogens is 524 g/mol. The average Bonchev–Trinajstić information content (AvgIpc) is 3.23. The minimum Gasteiger partial charge on any atom is -0.480 e. The van der Waals surface area contributed by atoms with Crippen molar-refractivity contribution < 1.29 is 33.7 Å². The summed E-state index contributed by atoms with van der Waals surface area (Å²) in [6, 6.07) is 12.5. The van der Waals surface area contributed by atoms with Crippen LogP contribution in [0.15, 0.2) is 42.5 Å². The van der Waals surface area contributed by atoms with Crippen LogP contribution in [0, 0.1) is 5.92 Å². The molecule has 1 amide bonds. The number of amides is 1. The molecule has 3 rings (SSSR count). The number of carboxylic acid groups (broad SMARTS) is 1. The summed E-state index contributed by atoms with van der Waals surface area (Å²) in [5.74, 6) is -1.05. The molecule has 0 aromatic heterocycles. The number of carbonyl (C=O) groups excluding carboxylic acids is 2. The van der Waals surface area contributed by atoms with Gasteiger partial charge in [0.25, 0.3) is 0 Å². The van der Waals surface area contributed by atoms with Gasteiger partial charge in [-0.25, -0.2) is 9.59 Å². The molecule has 0 bridgehead atoms. The number of aliphatic carboxylic acids is 1. The SMILES string of the molecule is CC(C)(C)OCC(NC(=O)OCc1cccc2c1Cc1ccccc1-2)C(=O)O.CC(C)CC(N)C(=O)OC(C)(C)C. The summed E-state index contributed by atoms with van der Waals surface area (Å²) in [5.41, 5.74) is 10.4. The smallest absolute Gasteiger partial charge is 0.408 e. The largest absolute Gasteiger partial charge is 0.480 e. The molecule has 41 heavy (non-hydrogen) atoms. The maximum Gasteiger partial charge on any atom is 0.408 e. The van der Waals surface area contributed by atoms with E-state index in [9.17, 15) is 19.5 Å². The second-order valence-electron chi connectivity index (χ2n) is 12.6. The van der Waals surface area contributed by atoms with Crippen molar-refractivity contribution in [3.63, 3.8) is 0 Å². The van der Waals surface area contributed by atoms with E-state index in [-0.39, 0.29) is 19.2 Å². The summed E-state index contributed by atoms with van der Waals surface area (Å²) in [4.78, 5) is 34.8. The molecule has 0 aliphatic heterocycles. The zero-order valence-corrected chi connectivity index (χ0v) is 25.6. The zero-order chi connectivity index (χ0) is 31.0. The van der Waals surface area contributed by atoms with Gasteiger partial charge in [0, 0.05) is 0 Å². The quantitative estimate of drug-likeness (QED) is 0.289. The summed E-state index contributed by atoms with van der Waals surface area (Å²) in [6.07, 6.45) is 0.691. The fourth-order valence-electron chi connectivity index (χ4n) is 4.18. The molecule has 0 fully saturated rings. The third-order valence-electron chi connectivity index (χ3n) is 6.01. The van der Waals surface area contributed by atoms with Crippen LogP contribution in [0.3, 0.4) is 0 Å². The minimum atomic E-state index is -1.17. The summed E-state index contributed by atoms with van der Waals surface area (Å²) in [6.45, 7) is 15.0. The lowest BCUT2D eigenvalue weighted by Crippen LogP contribution is -2.45. The molecule has 0 heterocycles. The second-order valence-corrected chi connectivity index (χ2v) is 12.6. The highest BCUT2D eigenvalue weighted by molar-refractivity contribution is 5.80. The third kappa shape index (κ3) is 11.5. The number of rotatable bonds is 9. The van der Waals surface area contributed by atoms with Crippen molar-refractivity contribution in [3.8, 4) is 11.1 Å². The van der Waals surface area contributed by atoms with Gasteiger partial charge < -0.3 is 30.4 Å². The Bertz CT molecular complexity index is 1200. The highest BCUT2D eigenvalue weighted by atomic mass is 16.6. The number of carbonyl (C=O) groups is 3. The van der Waals surface area contributed by atoms with E-state index in [0.29, 0.717) is 12.3 Å². The first-order valence-corrected chi connectivity index (χ1v) is 13.9. The Morgan fingerprint density at radius 1 is 0.951 bits per heavy atom. The van der Waals surface area contributed by atoms with E-state index in [1.807, 2.05) is 79.7 Å². The number of carboxylic acids is 1. The predicted octanol–water partition coefficient (Wildman–Crippen LogP) is 5.45. The van der Waals surface area contributed by atoms with E-state index in [1.165, 1.54) is 11.1 Å². The van der Waals surface area contributed by atoms with Gasteiger partial charge in [-0.2, -0.15) is 0 Å². The van der Waals surface area contributed by atoms with E-state index in [1.54, 1.807) is 0 Å².